The van der Waals surface area contributed by atoms with E-state index in [0.717, 1.165) is 9.99 Å². The van der Waals surface area contributed by atoms with Gasteiger partial charge in [0.15, 0.2) is 0 Å². The first-order valence-electron chi connectivity index (χ1n) is 3.89. The lowest BCUT2D eigenvalue weighted by Crippen LogP contribution is -1.85. The van der Waals surface area contributed by atoms with Gasteiger partial charge in [0.1, 0.15) is 10.4 Å². The molecule has 1 aromatic carbocycles. The van der Waals surface area contributed by atoms with Gasteiger partial charge in [0, 0.05) is 11.5 Å². The highest BCUT2D eigenvalue weighted by Crippen LogP contribution is 2.19. The fraction of sp³-hybridized carbons (Fsp3) is 0.100. The van der Waals surface area contributed by atoms with Crippen LogP contribution in [0.1, 0.15) is 5.56 Å². The molecule has 0 N–H and O–H groups in total. The number of pyridine rings is 1. The van der Waals surface area contributed by atoms with Crippen molar-refractivity contribution in [2.45, 2.75) is 6.92 Å². The average Bonchev–Trinajstić information content (AvgIpc) is 2.08. The first kappa shape index (κ1) is 8.63. The highest BCUT2D eigenvalue weighted by Gasteiger charge is 2.01. The molecule has 1 nitrogen and oxygen atoms in total. The third kappa shape index (κ3) is 1.56. The Morgan fingerprint density at radius 3 is 2.85 bits per heavy atom. The normalized spacial score (nSPS) is 10.7. The zero-order chi connectivity index (χ0) is 9.42. The lowest BCUT2D eigenvalue weighted by molar-refractivity contribution is 0.620. The lowest BCUT2D eigenvalue weighted by Gasteiger charge is -2.00. The summed E-state index contributed by atoms with van der Waals surface area (Å²) in [5, 5.41) is 0.960. The zero-order valence-corrected chi connectivity index (χ0v) is 8.60. The minimum atomic E-state index is -0.210. The van der Waals surface area contributed by atoms with E-state index in [0.29, 0.717) is 11.1 Å². The quantitative estimate of drug-likeness (QED) is 0.642. The van der Waals surface area contributed by atoms with E-state index in [1.165, 1.54) is 6.07 Å². The number of aryl methyl sites for hydroxylation is 1. The molecule has 0 unspecified atom stereocenters. The first-order valence-corrected chi connectivity index (χ1v) is 4.68. The number of rotatable bonds is 0. The minimum absolute atomic E-state index is 0.210. The fourth-order valence-electron chi connectivity index (χ4n) is 1.23. The molecule has 0 atom stereocenters. The number of hydrogen-bond donors (Lipinski definition) is 0. The summed E-state index contributed by atoms with van der Waals surface area (Å²) in [6, 6.07) is 7.01. The number of aromatic nitrogens is 1. The van der Waals surface area contributed by atoms with E-state index in [9.17, 15) is 4.39 Å². The van der Waals surface area contributed by atoms with Gasteiger partial charge in [-0.3, -0.25) is 0 Å². The fourth-order valence-corrected chi connectivity index (χ4v) is 1.56. The monoisotopic (exact) mass is 239 g/mol. The van der Waals surface area contributed by atoms with E-state index in [-0.39, 0.29) is 5.82 Å². The third-order valence-corrected chi connectivity index (χ3v) is 2.38. The van der Waals surface area contributed by atoms with E-state index in [4.69, 9.17) is 0 Å². The summed E-state index contributed by atoms with van der Waals surface area (Å²) < 4.78 is 13.9. The Hall–Kier alpha value is -0.960. The highest BCUT2D eigenvalue weighted by molar-refractivity contribution is 9.10. The zero-order valence-electron chi connectivity index (χ0n) is 7.01. The molecule has 0 radical (unpaired) electrons. The van der Waals surface area contributed by atoms with Gasteiger partial charge in [0.25, 0.3) is 0 Å². The van der Waals surface area contributed by atoms with Crippen molar-refractivity contribution in [1.29, 1.82) is 0 Å². The van der Waals surface area contributed by atoms with Gasteiger partial charge in [-0.05, 0) is 40.5 Å². The van der Waals surface area contributed by atoms with Crippen LogP contribution in [0.5, 0.6) is 0 Å². The van der Waals surface area contributed by atoms with Crippen LogP contribution >= 0.6 is 15.9 Å². The molecule has 3 heteroatoms. The number of halogens is 2. The second-order valence-electron chi connectivity index (χ2n) is 2.93. The molecular formula is C10H7BrFN. The van der Waals surface area contributed by atoms with Crippen LogP contribution in [0.15, 0.2) is 28.9 Å². The molecule has 2 aromatic rings. The van der Waals surface area contributed by atoms with Gasteiger partial charge in [-0.1, -0.05) is 6.07 Å². The van der Waals surface area contributed by atoms with Crippen molar-refractivity contribution in [3.8, 4) is 0 Å². The van der Waals surface area contributed by atoms with E-state index in [1.807, 2.05) is 12.1 Å². The van der Waals surface area contributed by atoms with Crippen LogP contribution in [0, 0.1) is 12.7 Å². The molecular weight excluding hydrogens is 233 g/mol. The topological polar surface area (TPSA) is 12.9 Å². The van der Waals surface area contributed by atoms with E-state index < -0.39 is 0 Å². The smallest absolute Gasteiger partial charge is 0.128 e. The van der Waals surface area contributed by atoms with Gasteiger partial charge in [0.2, 0.25) is 0 Å². The lowest BCUT2D eigenvalue weighted by atomic mass is 10.1. The molecule has 2 rings (SSSR count). The largest absolute Gasteiger partial charge is 0.241 e. The molecule has 0 saturated carbocycles. The summed E-state index contributed by atoms with van der Waals surface area (Å²) in [4.78, 5) is 4.15. The molecule has 13 heavy (non-hydrogen) atoms. The molecule has 0 amide bonds. The van der Waals surface area contributed by atoms with Crippen molar-refractivity contribution in [3.63, 3.8) is 0 Å². The Bertz CT molecular complexity index is 468. The molecule has 0 spiro atoms. The van der Waals surface area contributed by atoms with Crippen LogP contribution in [-0.2, 0) is 0 Å². The summed E-state index contributed by atoms with van der Waals surface area (Å²) in [5.41, 5.74) is 1.33. The Balaban J connectivity index is 2.81. The van der Waals surface area contributed by atoms with Gasteiger partial charge >= 0.3 is 0 Å². The molecule has 0 aliphatic carbocycles. The standard InChI is InChI=1S/C10H7BrFN/c1-6-4-7-2-3-10(11)13-9(7)5-8(6)12/h2-5H,1H3. The van der Waals surface area contributed by atoms with Gasteiger partial charge in [-0.15, -0.1) is 0 Å². The molecule has 0 bridgehead atoms. The number of hydrogen-bond acceptors (Lipinski definition) is 1. The molecule has 1 heterocycles. The van der Waals surface area contributed by atoms with Gasteiger partial charge in [-0.25, -0.2) is 9.37 Å². The number of benzene rings is 1. The second-order valence-corrected chi connectivity index (χ2v) is 3.74. The van der Waals surface area contributed by atoms with Crippen molar-refractivity contribution in [1.82, 2.24) is 4.98 Å². The van der Waals surface area contributed by atoms with Crippen molar-refractivity contribution in [3.05, 3.63) is 40.2 Å². The summed E-state index contributed by atoms with van der Waals surface area (Å²) in [7, 11) is 0. The molecule has 1 aromatic heterocycles. The van der Waals surface area contributed by atoms with Crippen LogP contribution in [0.4, 0.5) is 4.39 Å². The molecule has 0 aliphatic heterocycles. The molecule has 0 fully saturated rings. The Morgan fingerprint density at radius 2 is 2.08 bits per heavy atom. The average molecular weight is 240 g/mol. The Labute approximate surface area is 83.7 Å². The first-order chi connectivity index (χ1) is 6.16. The Kier molecular flexibility index (Phi) is 2.04. The van der Waals surface area contributed by atoms with Crippen LogP contribution in [0.25, 0.3) is 10.9 Å². The van der Waals surface area contributed by atoms with Crippen LogP contribution in [0.2, 0.25) is 0 Å². The summed E-state index contributed by atoms with van der Waals surface area (Å²) in [5.74, 6) is -0.210. The third-order valence-electron chi connectivity index (χ3n) is 1.94. The predicted octanol–water partition coefficient (Wildman–Crippen LogP) is 3.44. The van der Waals surface area contributed by atoms with Crippen molar-refractivity contribution in [2.24, 2.45) is 0 Å². The van der Waals surface area contributed by atoms with Gasteiger partial charge in [-0.2, -0.15) is 0 Å². The van der Waals surface area contributed by atoms with Gasteiger partial charge in [0.05, 0.1) is 5.52 Å². The number of fused-ring (bicyclic) bond motifs is 1. The predicted molar refractivity (Wildman–Crippen MR) is 54.1 cm³/mol. The summed E-state index contributed by atoms with van der Waals surface area (Å²) >= 11 is 3.24. The van der Waals surface area contributed by atoms with E-state index >= 15 is 0 Å². The van der Waals surface area contributed by atoms with Crippen molar-refractivity contribution in [2.75, 3.05) is 0 Å². The maximum atomic E-state index is 13.1. The van der Waals surface area contributed by atoms with E-state index in [1.54, 1.807) is 13.0 Å². The molecule has 0 saturated heterocycles. The van der Waals surface area contributed by atoms with Crippen molar-refractivity contribution < 1.29 is 4.39 Å². The van der Waals surface area contributed by atoms with Crippen LogP contribution < -0.4 is 0 Å². The summed E-state index contributed by atoms with van der Waals surface area (Å²) in [6.07, 6.45) is 0. The number of nitrogens with zero attached hydrogens (tertiary/aromatic N) is 1. The highest BCUT2D eigenvalue weighted by atomic mass is 79.9. The maximum Gasteiger partial charge on any atom is 0.128 e. The SMILES string of the molecule is Cc1cc2ccc(Br)nc2cc1F. The second kappa shape index (κ2) is 3.07. The summed E-state index contributed by atoms with van der Waals surface area (Å²) in [6.45, 7) is 1.75. The van der Waals surface area contributed by atoms with Gasteiger partial charge < -0.3 is 0 Å². The minimum Gasteiger partial charge on any atom is -0.241 e. The van der Waals surface area contributed by atoms with Crippen molar-refractivity contribution >= 4 is 26.8 Å². The Morgan fingerprint density at radius 1 is 1.31 bits per heavy atom. The van der Waals surface area contributed by atoms with Crippen LogP contribution in [0.3, 0.4) is 0 Å². The molecule has 66 valence electrons. The molecule has 0 aliphatic rings. The van der Waals surface area contributed by atoms with Crippen LogP contribution in [-0.4, -0.2) is 4.98 Å². The van der Waals surface area contributed by atoms with E-state index in [2.05, 4.69) is 20.9 Å². The maximum absolute atomic E-state index is 13.1.